The Bertz CT molecular complexity index is 1320. The number of nitrogens with one attached hydrogen (secondary N) is 1. The van der Waals surface area contributed by atoms with E-state index in [-0.39, 0.29) is 5.84 Å². The van der Waals surface area contributed by atoms with E-state index in [9.17, 15) is 0 Å². The minimum absolute atomic E-state index is 0.0854. The lowest BCUT2D eigenvalue weighted by molar-refractivity contribution is 0.279. The Morgan fingerprint density at radius 2 is 1.52 bits per heavy atom. The summed E-state index contributed by atoms with van der Waals surface area (Å²) in [4.78, 5) is 6.19. The maximum atomic E-state index is 8.73. The topological polar surface area (TPSA) is 102 Å². The van der Waals surface area contributed by atoms with Crippen molar-refractivity contribution in [3.8, 4) is 22.8 Å². The molecule has 0 aliphatic carbocycles. The Kier molecular flexibility index (Phi) is 11.2. The highest BCUT2D eigenvalue weighted by Gasteiger charge is 2.12. The predicted molar refractivity (Wildman–Crippen MR) is 164 cm³/mol. The summed E-state index contributed by atoms with van der Waals surface area (Å²) in [5.41, 5.74) is 9.78. The predicted octanol–water partition coefficient (Wildman–Crippen LogP) is 7.14. The van der Waals surface area contributed by atoms with Crippen LogP contribution in [-0.4, -0.2) is 35.8 Å². The number of hydrogen-bond donors (Lipinski definition) is 3. The molecule has 7 nitrogen and oxygen atoms in total. The lowest BCUT2D eigenvalue weighted by Gasteiger charge is -2.09. The number of thiazole rings is 1. The minimum atomic E-state index is 0.0854. The van der Waals surface area contributed by atoms with Crippen molar-refractivity contribution < 1.29 is 14.7 Å². The molecule has 40 heavy (non-hydrogen) atoms. The third-order valence-corrected chi connectivity index (χ3v) is 7.65. The zero-order valence-electron chi connectivity index (χ0n) is 23.0. The number of anilines is 1. The van der Waals surface area contributed by atoms with E-state index >= 15 is 0 Å². The Morgan fingerprint density at radius 1 is 0.875 bits per heavy atom. The molecule has 0 saturated carbocycles. The van der Waals surface area contributed by atoms with Crippen LogP contribution in [0.5, 0.6) is 11.5 Å². The molecule has 0 aliphatic heterocycles. The van der Waals surface area contributed by atoms with Crippen molar-refractivity contribution in [3.63, 3.8) is 0 Å². The zero-order chi connectivity index (χ0) is 28.0. The van der Waals surface area contributed by atoms with Gasteiger partial charge in [0.2, 0.25) is 0 Å². The molecule has 4 N–H and O–H groups in total. The highest BCUT2D eigenvalue weighted by molar-refractivity contribution is 7.16. The molecule has 3 aromatic carbocycles. The van der Waals surface area contributed by atoms with Gasteiger partial charge in [-0.15, -0.1) is 11.3 Å². The van der Waals surface area contributed by atoms with Gasteiger partial charge in [0.1, 0.15) is 11.5 Å². The van der Waals surface area contributed by atoms with Crippen LogP contribution >= 0.6 is 11.3 Å². The van der Waals surface area contributed by atoms with Gasteiger partial charge in [-0.05, 0) is 92.6 Å². The van der Waals surface area contributed by atoms with Crippen molar-refractivity contribution in [2.45, 2.75) is 45.4 Å². The van der Waals surface area contributed by atoms with Crippen LogP contribution in [0.3, 0.4) is 0 Å². The Labute approximate surface area is 240 Å². The molecule has 1 heterocycles. The number of aromatic nitrogens is 1. The summed E-state index contributed by atoms with van der Waals surface area (Å²) >= 11 is 1.75. The molecule has 0 bridgehead atoms. The zero-order valence-corrected chi connectivity index (χ0v) is 23.8. The highest BCUT2D eigenvalue weighted by Crippen LogP contribution is 2.32. The molecule has 0 amide bonds. The first-order valence-electron chi connectivity index (χ1n) is 13.9. The summed E-state index contributed by atoms with van der Waals surface area (Å²) in [7, 11) is 0. The number of amidine groups is 1. The monoisotopic (exact) mass is 558 g/mol. The van der Waals surface area contributed by atoms with Gasteiger partial charge in [0.05, 0.1) is 18.9 Å². The van der Waals surface area contributed by atoms with Crippen LogP contribution in [0, 0.1) is 0 Å². The standard InChI is InChI=1S/C32H38N4O3S/c1-2-29-30(35-32(40-29)34-21-9-12-24-10-5-3-6-11-24)25-13-17-27(18-14-25)38-22-7-4-8-23-39-28-19-15-26(16-20-28)31(33)36-37/h3,5-6,10-11,13-20,37H,2,4,7-9,12,21-23H2,1H3,(H2,33,36)(H,34,35). The number of aryl methyl sites for hydroxylation is 2. The number of nitrogens with zero attached hydrogens (tertiary/aromatic N) is 2. The second-order valence-corrected chi connectivity index (χ2v) is 10.5. The second kappa shape index (κ2) is 15.5. The van der Waals surface area contributed by atoms with Crippen LogP contribution in [0.1, 0.15) is 48.6 Å². The van der Waals surface area contributed by atoms with Gasteiger partial charge in [0.15, 0.2) is 11.0 Å². The molecule has 1 aromatic heterocycles. The van der Waals surface area contributed by atoms with Gasteiger partial charge in [-0.1, -0.05) is 42.4 Å². The molecule has 210 valence electrons. The number of oxime groups is 1. The number of ether oxygens (including phenoxy) is 2. The summed E-state index contributed by atoms with van der Waals surface area (Å²) in [5, 5.41) is 16.2. The first-order chi connectivity index (χ1) is 19.7. The smallest absolute Gasteiger partial charge is 0.183 e. The van der Waals surface area contributed by atoms with Gasteiger partial charge < -0.3 is 25.7 Å². The highest BCUT2D eigenvalue weighted by atomic mass is 32.1. The van der Waals surface area contributed by atoms with Crippen LogP contribution in [0.2, 0.25) is 0 Å². The molecular formula is C32H38N4O3S. The number of benzene rings is 3. The molecule has 0 unspecified atom stereocenters. The molecule has 0 atom stereocenters. The van der Waals surface area contributed by atoms with Crippen LogP contribution in [0.15, 0.2) is 84.0 Å². The van der Waals surface area contributed by atoms with E-state index in [2.05, 4.69) is 59.9 Å². The average Bonchev–Trinajstić information content (AvgIpc) is 3.43. The van der Waals surface area contributed by atoms with Crippen molar-refractivity contribution in [2.24, 2.45) is 10.9 Å². The van der Waals surface area contributed by atoms with Gasteiger partial charge >= 0.3 is 0 Å². The van der Waals surface area contributed by atoms with Crippen molar-refractivity contribution in [3.05, 3.63) is 94.9 Å². The summed E-state index contributed by atoms with van der Waals surface area (Å²) in [6, 6.07) is 26.0. The van der Waals surface area contributed by atoms with E-state index in [0.717, 1.165) is 73.0 Å². The first kappa shape index (κ1) is 29.0. The number of hydrogen-bond acceptors (Lipinski definition) is 7. The van der Waals surface area contributed by atoms with Gasteiger partial charge in [-0.25, -0.2) is 4.98 Å². The number of rotatable bonds is 16. The molecule has 0 radical (unpaired) electrons. The third-order valence-electron chi connectivity index (χ3n) is 6.49. The molecule has 0 spiro atoms. The fourth-order valence-corrected chi connectivity index (χ4v) is 5.22. The largest absolute Gasteiger partial charge is 0.494 e. The maximum Gasteiger partial charge on any atom is 0.183 e. The molecule has 0 aliphatic rings. The van der Waals surface area contributed by atoms with E-state index < -0.39 is 0 Å². The van der Waals surface area contributed by atoms with Crippen LogP contribution in [0.4, 0.5) is 5.13 Å². The van der Waals surface area contributed by atoms with E-state index in [1.54, 1.807) is 23.5 Å². The first-order valence-corrected chi connectivity index (χ1v) is 14.7. The molecule has 0 saturated heterocycles. The lowest BCUT2D eigenvalue weighted by Crippen LogP contribution is -2.12. The number of nitrogens with two attached hydrogens (primary N) is 1. The van der Waals surface area contributed by atoms with E-state index in [1.807, 2.05) is 24.3 Å². The Balaban J connectivity index is 1.15. The van der Waals surface area contributed by atoms with E-state index in [0.29, 0.717) is 18.8 Å². The maximum absolute atomic E-state index is 8.73. The molecular weight excluding hydrogens is 520 g/mol. The normalized spacial score (nSPS) is 11.4. The Hall–Kier alpha value is -4.04. The van der Waals surface area contributed by atoms with Crippen molar-refractivity contribution >= 4 is 22.3 Å². The van der Waals surface area contributed by atoms with Crippen molar-refractivity contribution in [1.29, 1.82) is 0 Å². The van der Waals surface area contributed by atoms with Gasteiger partial charge in [-0.2, -0.15) is 0 Å². The number of unbranched alkanes of at least 4 members (excludes halogenated alkanes) is 2. The van der Waals surface area contributed by atoms with E-state index in [1.165, 1.54) is 10.4 Å². The molecule has 4 rings (SSSR count). The average molecular weight is 559 g/mol. The van der Waals surface area contributed by atoms with Gasteiger partial charge in [0.25, 0.3) is 0 Å². The van der Waals surface area contributed by atoms with Crippen LogP contribution in [0.25, 0.3) is 11.3 Å². The third kappa shape index (κ3) is 8.74. The van der Waals surface area contributed by atoms with Gasteiger partial charge in [0, 0.05) is 22.5 Å². The SMILES string of the molecule is CCc1sc(NCCCc2ccccc2)nc1-c1ccc(OCCCCCOc2ccc(/C(N)=N/O)cc2)cc1. The molecule has 8 heteroatoms. The minimum Gasteiger partial charge on any atom is -0.494 e. The van der Waals surface area contributed by atoms with Crippen LogP contribution in [-0.2, 0) is 12.8 Å². The summed E-state index contributed by atoms with van der Waals surface area (Å²) in [5.74, 6) is 1.73. The Morgan fingerprint density at radius 3 is 2.15 bits per heavy atom. The van der Waals surface area contributed by atoms with E-state index in [4.69, 9.17) is 25.4 Å². The van der Waals surface area contributed by atoms with Crippen LogP contribution < -0.4 is 20.5 Å². The summed E-state index contributed by atoms with van der Waals surface area (Å²) < 4.78 is 11.7. The summed E-state index contributed by atoms with van der Waals surface area (Å²) in [6.45, 7) is 4.39. The summed E-state index contributed by atoms with van der Waals surface area (Å²) in [6.07, 6.45) is 6.01. The molecule has 4 aromatic rings. The fraction of sp³-hybridized carbons (Fsp3) is 0.312. The van der Waals surface area contributed by atoms with Crippen molar-refractivity contribution in [2.75, 3.05) is 25.1 Å². The lowest BCUT2D eigenvalue weighted by atomic mass is 10.1. The fourth-order valence-electron chi connectivity index (χ4n) is 4.27. The van der Waals surface area contributed by atoms with Crippen molar-refractivity contribution in [1.82, 2.24) is 4.98 Å². The van der Waals surface area contributed by atoms with Gasteiger partial charge in [-0.3, -0.25) is 0 Å². The second-order valence-electron chi connectivity index (χ2n) is 9.45. The quantitative estimate of drug-likeness (QED) is 0.0444. The molecule has 0 fully saturated rings.